The summed E-state index contributed by atoms with van der Waals surface area (Å²) >= 11 is 0. The first-order valence-electron chi connectivity index (χ1n) is 9.98. The van der Waals surface area contributed by atoms with Crippen LogP contribution in [0.15, 0.2) is 66.7 Å². The molecule has 0 aliphatic carbocycles. The van der Waals surface area contributed by atoms with Gasteiger partial charge in [-0.3, -0.25) is 9.59 Å². The quantitative estimate of drug-likeness (QED) is 0.700. The molecule has 0 saturated carbocycles. The molecule has 4 rings (SSSR count). The molecule has 0 aromatic heterocycles. The van der Waals surface area contributed by atoms with Crippen LogP contribution in [-0.4, -0.2) is 25.5 Å². The SMILES string of the molecule is COc1ccc(C(=O)N2CCc3ccc(C(=O)NCc4ccc(C)cc4)cc32)cc1. The van der Waals surface area contributed by atoms with Gasteiger partial charge < -0.3 is 15.0 Å². The molecule has 1 aliphatic rings. The topological polar surface area (TPSA) is 58.6 Å². The summed E-state index contributed by atoms with van der Waals surface area (Å²) in [5, 5.41) is 2.96. The van der Waals surface area contributed by atoms with Crippen LogP contribution in [0.25, 0.3) is 0 Å². The normalized spacial score (nSPS) is 12.4. The lowest BCUT2D eigenvalue weighted by Gasteiger charge is -2.18. The third kappa shape index (κ3) is 4.06. The second-order valence-corrected chi connectivity index (χ2v) is 7.45. The molecule has 5 heteroatoms. The first kappa shape index (κ1) is 19.7. The van der Waals surface area contributed by atoms with Gasteiger partial charge >= 0.3 is 0 Å². The number of anilines is 1. The van der Waals surface area contributed by atoms with E-state index in [2.05, 4.69) is 5.32 Å². The van der Waals surface area contributed by atoms with Crippen LogP contribution in [0.3, 0.4) is 0 Å². The van der Waals surface area contributed by atoms with Crippen molar-refractivity contribution in [2.24, 2.45) is 0 Å². The Balaban J connectivity index is 1.49. The van der Waals surface area contributed by atoms with Gasteiger partial charge in [0.1, 0.15) is 5.75 Å². The van der Waals surface area contributed by atoms with Gasteiger partial charge in [0.25, 0.3) is 11.8 Å². The largest absolute Gasteiger partial charge is 0.497 e. The van der Waals surface area contributed by atoms with Crippen LogP contribution >= 0.6 is 0 Å². The highest BCUT2D eigenvalue weighted by atomic mass is 16.5. The van der Waals surface area contributed by atoms with Gasteiger partial charge in [0.2, 0.25) is 0 Å². The Morgan fingerprint density at radius 1 is 0.967 bits per heavy atom. The molecule has 5 nitrogen and oxygen atoms in total. The smallest absolute Gasteiger partial charge is 0.258 e. The zero-order chi connectivity index (χ0) is 21.1. The van der Waals surface area contributed by atoms with Crippen LogP contribution in [0, 0.1) is 6.92 Å². The van der Waals surface area contributed by atoms with E-state index in [0.717, 1.165) is 23.2 Å². The molecule has 0 atom stereocenters. The molecule has 3 aromatic carbocycles. The van der Waals surface area contributed by atoms with Crippen molar-refractivity contribution >= 4 is 17.5 Å². The predicted octanol–water partition coefficient (Wildman–Crippen LogP) is 4.14. The summed E-state index contributed by atoms with van der Waals surface area (Å²) in [7, 11) is 1.60. The zero-order valence-electron chi connectivity index (χ0n) is 17.1. The van der Waals surface area contributed by atoms with Crippen molar-refractivity contribution in [2.75, 3.05) is 18.6 Å². The summed E-state index contributed by atoms with van der Waals surface area (Å²) in [6.45, 7) is 3.10. The average molecular weight is 400 g/mol. The molecular formula is C25H24N2O3. The Kier molecular flexibility index (Phi) is 5.53. The molecule has 1 aliphatic heterocycles. The third-order valence-electron chi connectivity index (χ3n) is 5.40. The number of fused-ring (bicyclic) bond motifs is 1. The minimum absolute atomic E-state index is 0.0754. The summed E-state index contributed by atoms with van der Waals surface area (Å²) in [5.74, 6) is 0.483. The number of amides is 2. The number of ether oxygens (including phenoxy) is 1. The Labute approximate surface area is 176 Å². The number of methoxy groups -OCH3 is 1. The minimum atomic E-state index is -0.151. The first-order valence-corrected chi connectivity index (χ1v) is 9.98. The maximum Gasteiger partial charge on any atom is 0.258 e. The second-order valence-electron chi connectivity index (χ2n) is 7.45. The Morgan fingerprint density at radius 2 is 1.67 bits per heavy atom. The van der Waals surface area contributed by atoms with Crippen molar-refractivity contribution in [1.29, 1.82) is 0 Å². The van der Waals surface area contributed by atoms with Gasteiger partial charge in [-0.15, -0.1) is 0 Å². The second kappa shape index (κ2) is 8.41. The van der Waals surface area contributed by atoms with Crippen molar-refractivity contribution in [1.82, 2.24) is 5.32 Å². The molecule has 1 N–H and O–H groups in total. The van der Waals surface area contributed by atoms with Gasteiger partial charge in [0, 0.05) is 29.9 Å². The highest BCUT2D eigenvalue weighted by Crippen LogP contribution is 2.30. The maximum atomic E-state index is 13.0. The van der Waals surface area contributed by atoms with E-state index < -0.39 is 0 Å². The van der Waals surface area contributed by atoms with Crippen LogP contribution < -0.4 is 15.0 Å². The standard InChI is InChI=1S/C25H24N2O3/c1-17-3-5-18(6-4-17)16-26-24(28)21-8-7-19-13-14-27(23(19)15-21)25(29)20-9-11-22(30-2)12-10-20/h3-12,15H,13-14,16H2,1-2H3,(H,26,28). The first-order chi connectivity index (χ1) is 14.5. The average Bonchev–Trinajstić information content (AvgIpc) is 3.21. The lowest BCUT2D eigenvalue weighted by molar-refractivity contribution is 0.0948. The monoisotopic (exact) mass is 400 g/mol. The van der Waals surface area contributed by atoms with Gasteiger partial charge in [-0.2, -0.15) is 0 Å². The van der Waals surface area contributed by atoms with E-state index >= 15 is 0 Å². The molecule has 0 spiro atoms. The minimum Gasteiger partial charge on any atom is -0.497 e. The number of carbonyl (C=O) groups excluding carboxylic acids is 2. The van der Waals surface area contributed by atoms with E-state index in [-0.39, 0.29) is 11.8 Å². The molecule has 1 heterocycles. The van der Waals surface area contributed by atoms with Crippen molar-refractivity contribution in [3.05, 3.63) is 94.5 Å². The molecule has 0 unspecified atom stereocenters. The Morgan fingerprint density at radius 3 is 2.37 bits per heavy atom. The van der Waals surface area contributed by atoms with E-state index in [9.17, 15) is 9.59 Å². The lowest BCUT2D eigenvalue weighted by Crippen LogP contribution is -2.29. The fourth-order valence-corrected chi connectivity index (χ4v) is 3.61. The van der Waals surface area contributed by atoms with Crippen LogP contribution in [0.1, 0.15) is 37.4 Å². The summed E-state index contributed by atoms with van der Waals surface area (Å²) in [4.78, 5) is 27.4. The molecular weight excluding hydrogens is 376 g/mol. The predicted molar refractivity (Wildman–Crippen MR) is 117 cm³/mol. The van der Waals surface area contributed by atoms with E-state index in [1.165, 1.54) is 5.56 Å². The van der Waals surface area contributed by atoms with Crippen molar-refractivity contribution in [2.45, 2.75) is 19.9 Å². The van der Waals surface area contributed by atoms with Crippen LogP contribution in [-0.2, 0) is 13.0 Å². The maximum absolute atomic E-state index is 13.0. The van der Waals surface area contributed by atoms with Crippen molar-refractivity contribution in [3.63, 3.8) is 0 Å². The van der Waals surface area contributed by atoms with Crippen LogP contribution in [0.2, 0.25) is 0 Å². The third-order valence-corrected chi connectivity index (χ3v) is 5.40. The fraction of sp³-hybridized carbons (Fsp3) is 0.200. The summed E-state index contributed by atoms with van der Waals surface area (Å²) in [6.07, 6.45) is 0.780. The molecule has 3 aromatic rings. The number of hydrogen-bond acceptors (Lipinski definition) is 3. The van der Waals surface area contributed by atoms with Gasteiger partial charge in [0.05, 0.1) is 7.11 Å². The number of nitrogens with one attached hydrogen (secondary N) is 1. The molecule has 2 amide bonds. The Bertz CT molecular complexity index is 1070. The fourth-order valence-electron chi connectivity index (χ4n) is 3.61. The van der Waals surface area contributed by atoms with Crippen LogP contribution in [0.4, 0.5) is 5.69 Å². The highest BCUT2D eigenvalue weighted by Gasteiger charge is 2.26. The van der Waals surface area contributed by atoms with Crippen molar-refractivity contribution < 1.29 is 14.3 Å². The number of nitrogens with zero attached hydrogens (tertiary/aromatic N) is 1. The molecule has 30 heavy (non-hydrogen) atoms. The number of carbonyl (C=O) groups is 2. The van der Waals surface area contributed by atoms with E-state index in [1.807, 2.05) is 49.4 Å². The molecule has 0 fully saturated rings. The highest BCUT2D eigenvalue weighted by molar-refractivity contribution is 6.08. The van der Waals surface area contributed by atoms with E-state index in [1.54, 1.807) is 36.3 Å². The number of benzene rings is 3. The van der Waals surface area contributed by atoms with E-state index in [0.29, 0.717) is 30.0 Å². The number of rotatable bonds is 5. The van der Waals surface area contributed by atoms with E-state index in [4.69, 9.17) is 4.74 Å². The van der Waals surface area contributed by atoms with Gasteiger partial charge in [0.15, 0.2) is 0 Å². The number of aryl methyl sites for hydroxylation is 1. The Hall–Kier alpha value is -3.60. The number of hydrogen-bond donors (Lipinski definition) is 1. The van der Waals surface area contributed by atoms with Crippen molar-refractivity contribution in [3.8, 4) is 5.75 Å². The van der Waals surface area contributed by atoms with Gasteiger partial charge in [-0.1, -0.05) is 35.9 Å². The molecule has 152 valence electrons. The summed E-state index contributed by atoms with van der Waals surface area (Å²) in [5.41, 5.74) is 5.26. The zero-order valence-corrected chi connectivity index (χ0v) is 17.1. The van der Waals surface area contributed by atoms with Gasteiger partial charge in [-0.25, -0.2) is 0 Å². The van der Waals surface area contributed by atoms with Gasteiger partial charge in [-0.05, 0) is 60.9 Å². The van der Waals surface area contributed by atoms with Crippen LogP contribution in [0.5, 0.6) is 5.75 Å². The summed E-state index contributed by atoms with van der Waals surface area (Å²) < 4.78 is 5.16. The molecule has 0 saturated heterocycles. The lowest BCUT2D eigenvalue weighted by atomic mass is 10.1. The summed E-state index contributed by atoms with van der Waals surface area (Å²) in [6, 6.07) is 20.7. The molecule has 0 bridgehead atoms. The molecule has 0 radical (unpaired) electrons.